The molecule has 6 rings (SSSR count). The van der Waals surface area contributed by atoms with Crippen molar-refractivity contribution in [2.24, 2.45) is 0 Å². The summed E-state index contributed by atoms with van der Waals surface area (Å²) in [6, 6.07) is 48.2. The number of aromatic nitrogens is 2. The molecule has 0 aliphatic carbocycles. The van der Waals surface area contributed by atoms with Crippen molar-refractivity contribution in [2.45, 2.75) is 0 Å². The van der Waals surface area contributed by atoms with Gasteiger partial charge in [-0.25, -0.2) is 0 Å². The van der Waals surface area contributed by atoms with Gasteiger partial charge in [0.25, 0.3) is 0 Å². The summed E-state index contributed by atoms with van der Waals surface area (Å²) in [6.07, 6.45) is 1.70. The largest absolute Gasteiger partial charge is 0.508 e. The van der Waals surface area contributed by atoms with Crippen LogP contribution in [0.25, 0.3) is 33.2 Å². The minimum absolute atomic E-state index is 0.322. The van der Waals surface area contributed by atoms with Crippen molar-refractivity contribution in [2.75, 3.05) is 0 Å². The first-order valence-corrected chi connectivity index (χ1v) is 11.4. The Labute approximate surface area is 206 Å². The van der Waals surface area contributed by atoms with Gasteiger partial charge in [-0.2, -0.15) is 10.2 Å². The molecule has 0 fully saturated rings. The first kappa shape index (κ1) is 23.4. The van der Waals surface area contributed by atoms with E-state index in [1.807, 2.05) is 36.4 Å². The molecule has 0 atom stereocenters. The Morgan fingerprint density at radius 2 is 0.886 bits per heavy atom. The van der Waals surface area contributed by atoms with Crippen molar-refractivity contribution < 1.29 is 5.11 Å². The molecule has 6 aromatic rings. The fourth-order valence-corrected chi connectivity index (χ4v) is 3.58. The van der Waals surface area contributed by atoms with Crippen LogP contribution in [0, 0.1) is 0 Å². The summed E-state index contributed by atoms with van der Waals surface area (Å²) in [7, 11) is 0. The quantitative estimate of drug-likeness (QED) is 0.288. The van der Waals surface area contributed by atoms with Gasteiger partial charge in [-0.3, -0.25) is 0 Å². The topological polar surface area (TPSA) is 46.0 Å². The predicted molar refractivity (Wildman–Crippen MR) is 145 cm³/mol. The van der Waals surface area contributed by atoms with Crippen molar-refractivity contribution >= 4 is 10.9 Å². The normalized spacial score (nSPS) is 9.83. The molecular weight excluding hydrogens is 428 g/mol. The number of nitrogens with zero attached hydrogens (tertiary/aromatic N) is 2. The number of phenols is 1. The van der Waals surface area contributed by atoms with Gasteiger partial charge in [0.2, 0.25) is 0 Å². The summed E-state index contributed by atoms with van der Waals surface area (Å²) in [5, 5.41) is 17.5. The van der Waals surface area contributed by atoms with Crippen LogP contribution in [0.3, 0.4) is 0 Å². The van der Waals surface area contributed by atoms with Gasteiger partial charge in [-0.15, -0.1) is 0 Å². The summed E-state index contributed by atoms with van der Waals surface area (Å²) in [6.45, 7) is 0. The lowest BCUT2D eigenvalue weighted by molar-refractivity contribution is 0.475. The molecule has 170 valence electrons. The zero-order valence-corrected chi connectivity index (χ0v) is 19.3. The number of hydrogen-bond donors (Lipinski definition) is 1. The van der Waals surface area contributed by atoms with Gasteiger partial charge in [0.1, 0.15) is 5.75 Å². The van der Waals surface area contributed by atoms with Crippen LogP contribution in [0.4, 0.5) is 0 Å². The van der Waals surface area contributed by atoms with E-state index >= 15 is 0 Å². The number of fused-ring (bicyclic) bond motifs is 1. The smallest absolute Gasteiger partial charge is 0.115 e. The Morgan fingerprint density at radius 3 is 1.37 bits per heavy atom. The van der Waals surface area contributed by atoms with Crippen LogP contribution in [0.2, 0.25) is 0 Å². The molecule has 0 spiro atoms. The summed E-state index contributed by atoms with van der Waals surface area (Å²) in [5.41, 5.74) is 6.03. The van der Waals surface area contributed by atoms with E-state index in [4.69, 9.17) is 5.11 Å². The maximum absolute atomic E-state index is 8.63. The van der Waals surface area contributed by atoms with Gasteiger partial charge in [0.15, 0.2) is 0 Å². The molecule has 5 aromatic carbocycles. The van der Waals surface area contributed by atoms with E-state index in [0.717, 1.165) is 10.9 Å². The maximum atomic E-state index is 8.63. The SMILES string of the molecule is Oc1ccccc1.c1ccc(-c2ccccc2-c2ccccc2)cc1.c1ccc2nnccc2c1. The lowest BCUT2D eigenvalue weighted by atomic mass is 9.95. The van der Waals surface area contributed by atoms with Gasteiger partial charge >= 0.3 is 0 Å². The Morgan fingerprint density at radius 1 is 0.429 bits per heavy atom. The lowest BCUT2D eigenvalue weighted by Crippen LogP contribution is -1.83. The molecule has 0 saturated carbocycles. The van der Waals surface area contributed by atoms with E-state index in [2.05, 4.69) is 95.1 Å². The summed E-state index contributed by atoms with van der Waals surface area (Å²) >= 11 is 0. The highest BCUT2D eigenvalue weighted by atomic mass is 16.3. The third kappa shape index (κ3) is 6.86. The Bertz CT molecular complexity index is 1310. The van der Waals surface area contributed by atoms with E-state index < -0.39 is 0 Å². The Hall–Kier alpha value is -4.76. The van der Waals surface area contributed by atoms with Crippen LogP contribution >= 0.6 is 0 Å². The number of aromatic hydroxyl groups is 1. The van der Waals surface area contributed by atoms with E-state index in [-0.39, 0.29) is 0 Å². The molecule has 1 heterocycles. The average Bonchev–Trinajstić information content (AvgIpc) is 2.95. The maximum Gasteiger partial charge on any atom is 0.115 e. The standard InChI is InChI=1S/C18H14.C8H6N2.C6H6O/c1-3-9-15(10-4-1)17-13-7-8-14-18(17)16-11-5-2-6-12-16;1-2-4-8-7(3-1)5-6-9-10-8;7-6-4-2-1-3-5-6/h1-14H;1-6H;1-5,7H. The number of hydrogen-bond acceptors (Lipinski definition) is 3. The van der Waals surface area contributed by atoms with Crippen molar-refractivity contribution in [1.29, 1.82) is 0 Å². The molecule has 0 radical (unpaired) electrons. The molecule has 0 unspecified atom stereocenters. The van der Waals surface area contributed by atoms with Gasteiger partial charge in [0.05, 0.1) is 11.7 Å². The molecule has 3 nitrogen and oxygen atoms in total. The van der Waals surface area contributed by atoms with Crippen LogP contribution in [-0.2, 0) is 0 Å². The monoisotopic (exact) mass is 454 g/mol. The van der Waals surface area contributed by atoms with Crippen LogP contribution < -0.4 is 0 Å². The molecule has 1 aromatic heterocycles. The van der Waals surface area contributed by atoms with Crippen molar-refractivity contribution in [3.05, 3.63) is 152 Å². The van der Waals surface area contributed by atoms with Gasteiger partial charge in [-0.1, -0.05) is 121 Å². The van der Waals surface area contributed by atoms with E-state index in [1.54, 1.807) is 30.5 Å². The number of para-hydroxylation sites is 1. The second kappa shape index (κ2) is 12.5. The minimum atomic E-state index is 0.322. The van der Waals surface area contributed by atoms with Gasteiger partial charge in [0, 0.05) is 5.39 Å². The molecule has 0 aliphatic heterocycles. The lowest BCUT2D eigenvalue weighted by Gasteiger charge is -2.09. The van der Waals surface area contributed by atoms with E-state index in [0.29, 0.717) is 5.75 Å². The highest BCUT2D eigenvalue weighted by Crippen LogP contribution is 2.31. The Balaban J connectivity index is 0.000000142. The highest BCUT2D eigenvalue weighted by Gasteiger charge is 2.05. The van der Waals surface area contributed by atoms with Crippen LogP contribution in [-0.4, -0.2) is 15.3 Å². The minimum Gasteiger partial charge on any atom is -0.508 e. The highest BCUT2D eigenvalue weighted by molar-refractivity contribution is 5.83. The number of benzene rings is 5. The third-order valence-corrected chi connectivity index (χ3v) is 5.28. The molecular formula is C32H26N2O. The fraction of sp³-hybridized carbons (Fsp3) is 0. The second-order valence-electron chi connectivity index (χ2n) is 7.70. The van der Waals surface area contributed by atoms with Gasteiger partial charge < -0.3 is 5.11 Å². The van der Waals surface area contributed by atoms with Crippen molar-refractivity contribution in [1.82, 2.24) is 10.2 Å². The first-order valence-electron chi connectivity index (χ1n) is 11.4. The molecule has 0 aliphatic rings. The summed E-state index contributed by atoms with van der Waals surface area (Å²) in [4.78, 5) is 0. The first-order chi connectivity index (χ1) is 17.3. The van der Waals surface area contributed by atoms with Crippen LogP contribution in [0.5, 0.6) is 5.75 Å². The summed E-state index contributed by atoms with van der Waals surface area (Å²) in [5.74, 6) is 0.322. The summed E-state index contributed by atoms with van der Waals surface area (Å²) < 4.78 is 0. The molecule has 35 heavy (non-hydrogen) atoms. The van der Waals surface area contributed by atoms with E-state index in [9.17, 15) is 0 Å². The Kier molecular flexibility index (Phi) is 8.34. The van der Waals surface area contributed by atoms with Crippen LogP contribution in [0.15, 0.2) is 152 Å². The number of rotatable bonds is 2. The van der Waals surface area contributed by atoms with Crippen molar-refractivity contribution in [3.63, 3.8) is 0 Å². The number of phenolic OH excluding ortho intramolecular Hbond substituents is 1. The average molecular weight is 455 g/mol. The van der Waals surface area contributed by atoms with Crippen molar-refractivity contribution in [3.8, 4) is 28.0 Å². The molecule has 3 heteroatoms. The predicted octanol–water partition coefficient (Wildman–Crippen LogP) is 8.04. The zero-order valence-electron chi connectivity index (χ0n) is 19.3. The zero-order chi connectivity index (χ0) is 24.1. The molecule has 1 N–H and O–H groups in total. The fourth-order valence-electron chi connectivity index (χ4n) is 3.58. The van der Waals surface area contributed by atoms with E-state index in [1.165, 1.54) is 22.3 Å². The second-order valence-corrected chi connectivity index (χ2v) is 7.70. The molecule has 0 saturated heterocycles. The van der Waals surface area contributed by atoms with Crippen LogP contribution in [0.1, 0.15) is 0 Å². The molecule has 0 amide bonds. The molecule has 0 bridgehead atoms. The van der Waals surface area contributed by atoms with Gasteiger partial charge in [-0.05, 0) is 46.5 Å². The third-order valence-electron chi connectivity index (χ3n) is 5.28.